The molecule has 0 spiro atoms. The van der Waals surface area contributed by atoms with Gasteiger partial charge >= 0.3 is 0 Å². The number of ether oxygens (including phenoxy) is 1. The van der Waals surface area contributed by atoms with Crippen LogP contribution in [0.4, 0.5) is 0 Å². The Hall–Kier alpha value is -2.82. The zero-order chi connectivity index (χ0) is 20.3. The van der Waals surface area contributed by atoms with Crippen LogP contribution < -0.4 is 4.74 Å². The maximum atomic E-state index is 11.7. The topological polar surface area (TPSA) is 47.4 Å². The molecule has 0 aliphatic rings. The van der Waals surface area contributed by atoms with Crippen LogP contribution in [0, 0.1) is 6.92 Å². The first-order chi connectivity index (χ1) is 13.4. The summed E-state index contributed by atoms with van der Waals surface area (Å²) in [6, 6.07) is 14.4. The van der Waals surface area contributed by atoms with Crippen molar-refractivity contribution in [3.63, 3.8) is 0 Å². The summed E-state index contributed by atoms with van der Waals surface area (Å²) in [6.45, 7) is 9.70. The van der Waals surface area contributed by atoms with Crippen molar-refractivity contribution in [1.29, 1.82) is 0 Å². The molecule has 1 aromatic heterocycles. The van der Waals surface area contributed by atoms with Crippen LogP contribution in [0.3, 0.4) is 0 Å². The molecule has 0 N–H and O–H groups in total. The first kappa shape index (κ1) is 19.9. The standard InChI is InChI=1S/C23H29N3O2/c1-16(2)19-11-10-17(3)14-22(19)28-13-12-26-21-9-7-6-8-20(21)24-23(26)15-25(5)18(4)27/h6-11,14,16H,12-13,15H2,1-5H3. The number of fused-ring (bicyclic) bond motifs is 1. The van der Waals surface area contributed by atoms with Crippen molar-refractivity contribution < 1.29 is 9.53 Å². The third kappa shape index (κ3) is 4.35. The molecule has 1 heterocycles. The van der Waals surface area contributed by atoms with Crippen molar-refractivity contribution in [3.05, 3.63) is 59.4 Å². The monoisotopic (exact) mass is 379 g/mol. The molecule has 2 aromatic carbocycles. The molecule has 0 saturated heterocycles. The van der Waals surface area contributed by atoms with Crippen LogP contribution >= 0.6 is 0 Å². The highest BCUT2D eigenvalue weighted by Gasteiger charge is 2.14. The lowest BCUT2D eigenvalue weighted by Gasteiger charge is -2.18. The summed E-state index contributed by atoms with van der Waals surface area (Å²) >= 11 is 0. The Bertz CT molecular complexity index is 975. The summed E-state index contributed by atoms with van der Waals surface area (Å²) in [5.41, 5.74) is 4.41. The van der Waals surface area contributed by atoms with Crippen LogP contribution in [0.25, 0.3) is 11.0 Å². The Morgan fingerprint density at radius 2 is 1.96 bits per heavy atom. The molecule has 0 unspecified atom stereocenters. The fraction of sp³-hybridized carbons (Fsp3) is 0.391. The molecule has 5 heteroatoms. The number of amides is 1. The van der Waals surface area contributed by atoms with E-state index in [1.54, 1.807) is 18.9 Å². The van der Waals surface area contributed by atoms with E-state index in [4.69, 9.17) is 9.72 Å². The Labute approximate surface area is 166 Å². The SMILES string of the molecule is CC(=O)N(C)Cc1nc2ccccc2n1CCOc1cc(C)ccc1C(C)C. The minimum atomic E-state index is 0.0243. The molecule has 0 bridgehead atoms. The number of aromatic nitrogens is 2. The normalized spacial score (nSPS) is 11.2. The maximum Gasteiger partial charge on any atom is 0.219 e. The number of hydrogen-bond acceptors (Lipinski definition) is 3. The highest BCUT2D eigenvalue weighted by atomic mass is 16.5. The first-order valence-electron chi connectivity index (χ1n) is 9.76. The quantitative estimate of drug-likeness (QED) is 0.606. The highest BCUT2D eigenvalue weighted by molar-refractivity contribution is 5.76. The van der Waals surface area contributed by atoms with Gasteiger partial charge in [-0.1, -0.05) is 38.1 Å². The van der Waals surface area contributed by atoms with E-state index in [0.29, 0.717) is 25.6 Å². The van der Waals surface area contributed by atoms with Crippen molar-refractivity contribution in [2.24, 2.45) is 0 Å². The summed E-state index contributed by atoms with van der Waals surface area (Å²) in [5, 5.41) is 0. The minimum Gasteiger partial charge on any atom is -0.491 e. The minimum absolute atomic E-state index is 0.0243. The number of carbonyl (C=O) groups excluding carboxylic acids is 1. The predicted molar refractivity (Wildman–Crippen MR) is 113 cm³/mol. The number of imidazole rings is 1. The van der Waals surface area contributed by atoms with Gasteiger partial charge in [-0.2, -0.15) is 0 Å². The van der Waals surface area contributed by atoms with Gasteiger partial charge in [-0.25, -0.2) is 4.98 Å². The van der Waals surface area contributed by atoms with Gasteiger partial charge in [0.25, 0.3) is 0 Å². The lowest BCUT2D eigenvalue weighted by molar-refractivity contribution is -0.128. The van der Waals surface area contributed by atoms with E-state index in [1.807, 2.05) is 18.2 Å². The van der Waals surface area contributed by atoms with Gasteiger partial charge in [0.2, 0.25) is 5.91 Å². The molecule has 28 heavy (non-hydrogen) atoms. The zero-order valence-corrected chi connectivity index (χ0v) is 17.4. The summed E-state index contributed by atoms with van der Waals surface area (Å²) in [5.74, 6) is 2.25. The molecular formula is C23H29N3O2. The third-order valence-corrected chi connectivity index (χ3v) is 5.01. The molecule has 0 saturated carbocycles. The van der Waals surface area contributed by atoms with Gasteiger partial charge in [-0.05, 0) is 42.2 Å². The van der Waals surface area contributed by atoms with Gasteiger partial charge in [0.1, 0.15) is 18.2 Å². The van der Waals surface area contributed by atoms with Crippen molar-refractivity contribution in [3.8, 4) is 5.75 Å². The predicted octanol–water partition coefficient (Wildman–Crippen LogP) is 4.53. The zero-order valence-electron chi connectivity index (χ0n) is 17.4. The number of para-hydroxylation sites is 2. The van der Waals surface area contributed by atoms with Gasteiger partial charge in [-0.15, -0.1) is 0 Å². The number of rotatable bonds is 7. The fourth-order valence-corrected chi connectivity index (χ4v) is 3.31. The lowest BCUT2D eigenvalue weighted by atomic mass is 10.0. The van der Waals surface area contributed by atoms with Crippen molar-refractivity contribution in [1.82, 2.24) is 14.5 Å². The molecule has 0 atom stereocenters. The molecule has 0 aliphatic heterocycles. The van der Waals surface area contributed by atoms with E-state index in [0.717, 1.165) is 22.6 Å². The summed E-state index contributed by atoms with van der Waals surface area (Å²) in [6.07, 6.45) is 0. The van der Waals surface area contributed by atoms with Gasteiger partial charge in [-0.3, -0.25) is 4.79 Å². The number of hydrogen-bond donors (Lipinski definition) is 0. The third-order valence-electron chi connectivity index (χ3n) is 5.01. The van der Waals surface area contributed by atoms with Crippen LogP contribution in [0.5, 0.6) is 5.75 Å². The second-order valence-electron chi connectivity index (χ2n) is 7.59. The number of aryl methyl sites for hydroxylation is 1. The Morgan fingerprint density at radius 3 is 2.68 bits per heavy atom. The van der Waals surface area contributed by atoms with E-state index in [2.05, 4.69) is 49.6 Å². The summed E-state index contributed by atoms with van der Waals surface area (Å²) in [7, 11) is 1.80. The Kier molecular flexibility index (Phi) is 6.02. The molecular weight excluding hydrogens is 350 g/mol. The molecule has 0 radical (unpaired) electrons. The molecule has 0 fully saturated rings. The molecule has 1 amide bonds. The van der Waals surface area contributed by atoms with Crippen molar-refractivity contribution in [2.45, 2.75) is 46.7 Å². The Morgan fingerprint density at radius 1 is 1.21 bits per heavy atom. The number of carbonyl (C=O) groups is 1. The largest absolute Gasteiger partial charge is 0.491 e. The molecule has 0 aliphatic carbocycles. The van der Waals surface area contributed by atoms with Crippen molar-refractivity contribution >= 4 is 16.9 Å². The smallest absolute Gasteiger partial charge is 0.219 e. The highest BCUT2D eigenvalue weighted by Crippen LogP contribution is 2.27. The van der Waals surface area contributed by atoms with Crippen LogP contribution in [0.2, 0.25) is 0 Å². The lowest BCUT2D eigenvalue weighted by Crippen LogP contribution is -2.25. The molecule has 5 nitrogen and oxygen atoms in total. The van der Waals surface area contributed by atoms with Gasteiger partial charge < -0.3 is 14.2 Å². The number of benzene rings is 2. The number of nitrogens with zero attached hydrogens (tertiary/aromatic N) is 3. The van der Waals surface area contributed by atoms with E-state index in [1.165, 1.54) is 11.1 Å². The van der Waals surface area contributed by atoms with E-state index < -0.39 is 0 Å². The molecule has 3 aromatic rings. The maximum absolute atomic E-state index is 11.7. The van der Waals surface area contributed by atoms with Crippen LogP contribution in [-0.4, -0.2) is 34.0 Å². The van der Waals surface area contributed by atoms with E-state index >= 15 is 0 Å². The second kappa shape index (κ2) is 8.46. The summed E-state index contributed by atoms with van der Waals surface area (Å²) < 4.78 is 8.33. The van der Waals surface area contributed by atoms with E-state index in [9.17, 15) is 4.79 Å². The van der Waals surface area contributed by atoms with Gasteiger partial charge in [0.05, 0.1) is 24.1 Å². The van der Waals surface area contributed by atoms with E-state index in [-0.39, 0.29) is 5.91 Å². The van der Waals surface area contributed by atoms with Crippen LogP contribution in [0.15, 0.2) is 42.5 Å². The Balaban J connectivity index is 1.82. The van der Waals surface area contributed by atoms with Gasteiger partial charge in [0, 0.05) is 14.0 Å². The summed E-state index contributed by atoms with van der Waals surface area (Å²) in [4.78, 5) is 18.1. The van der Waals surface area contributed by atoms with Crippen LogP contribution in [0.1, 0.15) is 43.6 Å². The fourth-order valence-electron chi connectivity index (χ4n) is 3.31. The first-order valence-corrected chi connectivity index (χ1v) is 9.76. The molecule has 148 valence electrons. The van der Waals surface area contributed by atoms with Crippen LogP contribution in [-0.2, 0) is 17.9 Å². The average molecular weight is 380 g/mol. The average Bonchev–Trinajstić information content (AvgIpc) is 2.99. The van der Waals surface area contributed by atoms with Crippen molar-refractivity contribution in [2.75, 3.05) is 13.7 Å². The second-order valence-corrected chi connectivity index (χ2v) is 7.59. The molecule has 3 rings (SSSR count). The van der Waals surface area contributed by atoms with Gasteiger partial charge in [0.15, 0.2) is 0 Å².